The number of anilines is 1. The summed E-state index contributed by atoms with van der Waals surface area (Å²) < 4.78 is 67.8. The largest absolute Gasteiger partial charge is 0.382 e. The highest BCUT2D eigenvalue weighted by Crippen LogP contribution is 2.53. The zero-order valence-corrected chi connectivity index (χ0v) is 20.2. The molecule has 3 aromatic rings. The van der Waals surface area contributed by atoms with Gasteiger partial charge in [0.05, 0.1) is 15.2 Å². The molecule has 1 heterocycles. The van der Waals surface area contributed by atoms with Gasteiger partial charge in [-0.15, -0.1) is 0 Å². The Kier molecular flexibility index (Phi) is 6.12. The number of nitrogens with zero attached hydrogens (tertiary/aromatic N) is 1. The lowest BCUT2D eigenvalue weighted by atomic mass is 9.76. The first-order chi connectivity index (χ1) is 17.0. The molecular formula is C24H21ClF3N3O4S. The van der Waals surface area contributed by atoms with E-state index < -0.39 is 44.0 Å². The summed E-state index contributed by atoms with van der Waals surface area (Å²) in [5.41, 5.74) is -1.70. The van der Waals surface area contributed by atoms with Crippen LogP contribution in [0, 0.1) is 29.3 Å². The fourth-order valence-corrected chi connectivity index (χ4v) is 8.43. The summed E-state index contributed by atoms with van der Waals surface area (Å²) in [5, 5.41) is 12.5. The van der Waals surface area contributed by atoms with Crippen LogP contribution in [-0.4, -0.2) is 34.6 Å². The lowest BCUT2D eigenvalue weighted by Crippen LogP contribution is -2.45. The van der Waals surface area contributed by atoms with Gasteiger partial charge in [-0.1, -0.05) is 11.6 Å². The van der Waals surface area contributed by atoms with Crippen molar-refractivity contribution in [3.63, 3.8) is 0 Å². The van der Waals surface area contributed by atoms with Crippen LogP contribution in [0.4, 0.5) is 18.9 Å². The van der Waals surface area contributed by atoms with E-state index in [9.17, 15) is 31.5 Å². The molecule has 1 amide bonds. The molecule has 2 aliphatic rings. The number of sulfone groups is 1. The Morgan fingerprint density at radius 1 is 1.11 bits per heavy atom. The summed E-state index contributed by atoms with van der Waals surface area (Å²) in [6.07, 6.45) is 4.76. The van der Waals surface area contributed by atoms with Gasteiger partial charge in [0.15, 0.2) is 27.3 Å². The zero-order valence-electron chi connectivity index (χ0n) is 18.6. The van der Waals surface area contributed by atoms with Crippen LogP contribution in [0.5, 0.6) is 0 Å². The van der Waals surface area contributed by atoms with E-state index in [1.54, 1.807) is 6.20 Å². The first-order valence-electron chi connectivity index (χ1n) is 11.2. The van der Waals surface area contributed by atoms with Gasteiger partial charge >= 0.3 is 0 Å². The molecule has 2 saturated carbocycles. The van der Waals surface area contributed by atoms with E-state index in [1.807, 2.05) is 0 Å². The van der Waals surface area contributed by atoms with Crippen molar-refractivity contribution in [1.29, 1.82) is 0 Å². The Hall–Kier alpha value is -2.89. The van der Waals surface area contributed by atoms with Crippen LogP contribution in [0.25, 0.3) is 0 Å². The highest BCUT2D eigenvalue weighted by atomic mass is 35.5. The number of carbonyl (C=O) groups excluding carboxylic acids is 1. The van der Waals surface area contributed by atoms with Crippen molar-refractivity contribution in [2.75, 3.05) is 5.32 Å². The number of hydrogen-bond donors (Lipinski definition) is 3. The Morgan fingerprint density at radius 3 is 2.33 bits per heavy atom. The molecule has 7 nitrogen and oxygen atoms in total. The molecule has 2 aromatic carbocycles. The molecule has 1 aromatic heterocycles. The predicted octanol–water partition coefficient (Wildman–Crippen LogP) is 4.58. The van der Waals surface area contributed by atoms with E-state index in [0.29, 0.717) is 30.8 Å². The summed E-state index contributed by atoms with van der Waals surface area (Å²) in [5.74, 6) is -5.77. The summed E-state index contributed by atoms with van der Waals surface area (Å²) in [4.78, 5) is 19.6. The second-order valence-electron chi connectivity index (χ2n) is 9.34. The van der Waals surface area contributed by atoms with E-state index in [0.717, 1.165) is 6.07 Å². The highest BCUT2D eigenvalue weighted by molar-refractivity contribution is 7.92. The molecule has 2 fully saturated rings. The van der Waals surface area contributed by atoms with Crippen LogP contribution in [0.15, 0.2) is 47.6 Å². The number of carbonyl (C=O) groups is 1. The molecule has 3 unspecified atom stereocenters. The fraction of sp³-hybridized carbons (Fsp3) is 0.333. The van der Waals surface area contributed by atoms with Crippen LogP contribution in [0.3, 0.4) is 0 Å². The van der Waals surface area contributed by atoms with Gasteiger partial charge in [-0.05, 0) is 55.7 Å². The first-order valence-corrected chi connectivity index (χ1v) is 13.1. The Morgan fingerprint density at radius 2 is 1.75 bits per heavy atom. The molecule has 36 heavy (non-hydrogen) atoms. The topological polar surface area (TPSA) is 112 Å². The molecular weight excluding hydrogens is 519 g/mol. The lowest BCUT2D eigenvalue weighted by molar-refractivity contribution is -0.0310. The van der Waals surface area contributed by atoms with Crippen molar-refractivity contribution >= 4 is 33.0 Å². The second-order valence-corrected chi connectivity index (χ2v) is 11.8. The van der Waals surface area contributed by atoms with Gasteiger partial charge in [-0.2, -0.15) is 0 Å². The average molecular weight is 540 g/mol. The number of rotatable bonds is 5. The second kappa shape index (κ2) is 8.89. The number of aromatic amines is 1. The van der Waals surface area contributed by atoms with Crippen molar-refractivity contribution in [3.8, 4) is 0 Å². The fourth-order valence-electron chi connectivity index (χ4n) is 5.59. The number of H-pyrrole nitrogens is 1. The number of aliphatic hydroxyl groups is 1. The number of halogens is 4. The van der Waals surface area contributed by atoms with E-state index in [-0.39, 0.29) is 45.8 Å². The SMILES string of the molecule is O=C(Nc1cc(F)c(F)c(F)c1)c1ccc(Cl)c(S(=O)(=O)C2C3CC[C@H]2CC(O)(c2ncc[nH]2)C3)c1. The van der Waals surface area contributed by atoms with Crippen molar-refractivity contribution in [2.24, 2.45) is 11.8 Å². The first kappa shape index (κ1) is 24.8. The Balaban J connectivity index is 1.42. The molecule has 0 aliphatic heterocycles. The molecule has 3 N–H and O–H groups in total. The number of hydrogen-bond acceptors (Lipinski definition) is 5. The summed E-state index contributed by atoms with van der Waals surface area (Å²) >= 11 is 6.26. The maximum Gasteiger partial charge on any atom is 0.255 e. The maximum absolute atomic E-state index is 13.8. The van der Waals surface area contributed by atoms with Gasteiger partial charge in [0, 0.05) is 35.8 Å². The molecule has 0 spiro atoms. The monoisotopic (exact) mass is 539 g/mol. The van der Waals surface area contributed by atoms with Crippen molar-refractivity contribution in [1.82, 2.24) is 9.97 Å². The van der Waals surface area contributed by atoms with Gasteiger partial charge in [0.1, 0.15) is 11.4 Å². The van der Waals surface area contributed by atoms with Crippen molar-refractivity contribution in [2.45, 2.75) is 41.4 Å². The van der Waals surface area contributed by atoms with Crippen LogP contribution < -0.4 is 5.32 Å². The van der Waals surface area contributed by atoms with Crippen LogP contribution >= 0.6 is 11.6 Å². The standard InChI is InChI=1S/C24H21ClF3N3O4S/c25-16-4-3-12(22(32)31-15-8-17(26)20(28)18(27)9-15)7-19(16)36(34,35)21-13-1-2-14(21)11-24(33,10-13)23-29-5-6-30-23/h3-9,13-14,21,33H,1-2,10-11H2,(H,29,30)(H,31,32)/t13-,14?,21?,24?/m0/s1. The van der Waals surface area contributed by atoms with Crippen molar-refractivity contribution in [3.05, 3.63) is 76.6 Å². The third-order valence-electron chi connectivity index (χ3n) is 7.08. The summed E-state index contributed by atoms with van der Waals surface area (Å²) in [6.45, 7) is 0. The number of nitrogens with one attached hydrogen (secondary N) is 2. The smallest absolute Gasteiger partial charge is 0.255 e. The van der Waals surface area contributed by atoms with Crippen LogP contribution in [0.1, 0.15) is 41.9 Å². The normalized spacial score (nSPS) is 25.6. The number of fused-ring (bicyclic) bond motifs is 2. The Bertz CT molecular complexity index is 1410. The molecule has 0 saturated heterocycles. The third kappa shape index (κ3) is 4.18. The Labute approximate surface area is 209 Å². The lowest BCUT2D eigenvalue weighted by Gasteiger charge is -2.39. The number of imidazole rings is 1. The van der Waals surface area contributed by atoms with Gasteiger partial charge in [-0.25, -0.2) is 26.6 Å². The van der Waals surface area contributed by atoms with E-state index >= 15 is 0 Å². The molecule has 12 heteroatoms. The summed E-state index contributed by atoms with van der Waals surface area (Å²) in [7, 11) is -4.02. The van der Waals surface area contributed by atoms with Crippen molar-refractivity contribution < 1.29 is 31.5 Å². The molecule has 2 aliphatic carbocycles. The predicted molar refractivity (Wildman–Crippen MR) is 125 cm³/mol. The van der Waals surface area contributed by atoms with Gasteiger partial charge in [-0.3, -0.25) is 4.79 Å². The van der Waals surface area contributed by atoms with E-state index in [4.69, 9.17) is 11.6 Å². The minimum atomic E-state index is -4.02. The van der Waals surface area contributed by atoms with Crippen LogP contribution in [0.2, 0.25) is 5.02 Å². The number of amides is 1. The molecule has 0 radical (unpaired) electrons. The quantitative estimate of drug-likeness (QED) is 0.411. The van der Waals surface area contributed by atoms with Gasteiger partial charge in [0.2, 0.25) is 0 Å². The van der Waals surface area contributed by atoms with Gasteiger partial charge in [0.25, 0.3) is 5.91 Å². The minimum absolute atomic E-state index is 0.0725. The average Bonchev–Trinajstić information content (AvgIpc) is 3.46. The molecule has 5 rings (SSSR count). The number of benzene rings is 2. The number of aromatic nitrogens is 2. The van der Waals surface area contributed by atoms with Gasteiger partial charge < -0.3 is 15.4 Å². The highest BCUT2D eigenvalue weighted by Gasteiger charge is 2.55. The van der Waals surface area contributed by atoms with E-state index in [1.165, 1.54) is 18.3 Å². The minimum Gasteiger partial charge on any atom is -0.382 e. The molecule has 190 valence electrons. The zero-order chi connectivity index (χ0) is 25.8. The van der Waals surface area contributed by atoms with Crippen LogP contribution in [-0.2, 0) is 15.4 Å². The maximum atomic E-state index is 13.8. The van der Waals surface area contributed by atoms with E-state index in [2.05, 4.69) is 15.3 Å². The molecule has 4 atom stereocenters. The summed E-state index contributed by atoms with van der Waals surface area (Å²) in [6, 6.07) is 4.89. The molecule has 2 bridgehead atoms. The third-order valence-corrected chi connectivity index (χ3v) is 9.96.